The second-order valence-electron chi connectivity index (χ2n) is 7.88. The molecule has 144 valence electrons. The number of carbonyl (C=O) groups excluding carboxylic acids is 1. The molecule has 0 bridgehead atoms. The van der Waals surface area contributed by atoms with E-state index in [-0.39, 0.29) is 11.4 Å². The Morgan fingerprint density at radius 1 is 1.16 bits per heavy atom. The summed E-state index contributed by atoms with van der Waals surface area (Å²) >= 11 is 0. The molecule has 6 heteroatoms. The van der Waals surface area contributed by atoms with Gasteiger partial charge in [0.05, 0.1) is 6.54 Å². The van der Waals surface area contributed by atoms with Crippen molar-refractivity contribution < 1.29 is 4.79 Å². The SMILES string of the molecule is CCNC(=NCC(C)(C)N1CCCCC1)NC1CCN(C(=O)CC)C1. The molecule has 2 saturated heterocycles. The van der Waals surface area contributed by atoms with Gasteiger partial charge in [0, 0.05) is 37.6 Å². The van der Waals surface area contributed by atoms with Crippen LogP contribution in [0.25, 0.3) is 0 Å². The number of aliphatic imine (C=N–C) groups is 1. The van der Waals surface area contributed by atoms with Crippen molar-refractivity contribution in [1.82, 2.24) is 20.4 Å². The van der Waals surface area contributed by atoms with Gasteiger partial charge in [-0.1, -0.05) is 13.3 Å². The van der Waals surface area contributed by atoms with Crippen LogP contribution in [0.1, 0.15) is 59.8 Å². The second-order valence-corrected chi connectivity index (χ2v) is 7.88. The van der Waals surface area contributed by atoms with Crippen molar-refractivity contribution in [2.75, 3.05) is 39.3 Å². The van der Waals surface area contributed by atoms with Crippen LogP contribution in [0, 0.1) is 0 Å². The topological polar surface area (TPSA) is 60.0 Å². The van der Waals surface area contributed by atoms with Gasteiger partial charge in [0.2, 0.25) is 5.91 Å². The number of carbonyl (C=O) groups is 1. The molecular formula is C19H37N5O. The van der Waals surface area contributed by atoms with Crippen LogP contribution in [0.2, 0.25) is 0 Å². The number of piperidine rings is 1. The van der Waals surface area contributed by atoms with Crippen molar-refractivity contribution in [3.05, 3.63) is 0 Å². The van der Waals surface area contributed by atoms with E-state index in [0.29, 0.717) is 12.5 Å². The molecule has 0 spiro atoms. The standard InChI is InChI=1S/C19H37N5O/c1-5-17(25)23-13-10-16(14-23)22-18(20-6-2)21-15-19(3,4)24-11-8-7-9-12-24/h16H,5-15H2,1-4H3,(H2,20,21,22). The van der Waals surface area contributed by atoms with Crippen LogP contribution < -0.4 is 10.6 Å². The van der Waals surface area contributed by atoms with Crippen LogP contribution in [0.3, 0.4) is 0 Å². The van der Waals surface area contributed by atoms with Crippen molar-refractivity contribution >= 4 is 11.9 Å². The molecule has 0 saturated carbocycles. The van der Waals surface area contributed by atoms with Crippen molar-refractivity contribution in [3.8, 4) is 0 Å². The van der Waals surface area contributed by atoms with E-state index in [1.165, 1.54) is 32.4 Å². The quantitative estimate of drug-likeness (QED) is 0.566. The van der Waals surface area contributed by atoms with Crippen LogP contribution in [0.4, 0.5) is 0 Å². The van der Waals surface area contributed by atoms with Gasteiger partial charge in [-0.15, -0.1) is 0 Å². The van der Waals surface area contributed by atoms with E-state index >= 15 is 0 Å². The first-order valence-electron chi connectivity index (χ1n) is 10.0. The highest BCUT2D eigenvalue weighted by molar-refractivity contribution is 5.80. The second kappa shape index (κ2) is 9.41. The van der Waals surface area contributed by atoms with Crippen molar-refractivity contribution in [2.24, 2.45) is 4.99 Å². The average molecular weight is 352 g/mol. The van der Waals surface area contributed by atoms with Gasteiger partial charge in [0.25, 0.3) is 0 Å². The van der Waals surface area contributed by atoms with Crippen LogP contribution >= 0.6 is 0 Å². The van der Waals surface area contributed by atoms with Crippen molar-refractivity contribution in [1.29, 1.82) is 0 Å². The van der Waals surface area contributed by atoms with Gasteiger partial charge >= 0.3 is 0 Å². The number of hydrogen-bond donors (Lipinski definition) is 2. The minimum atomic E-state index is 0.0860. The smallest absolute Gasteiger partial charge is 0.222 e. The summed E-state index contributed by atoms with van der Waals surface area (Å²) in [4.78, 5) is 21.2. The summed E-state index contributed by atoms with van der Waals surface area (Å²) in [7, 11) is 0. The lowest BCUT2D eigenvalue weighted by Crippen LogP contribution is -2.50. The molecule has 0 aromatic heterocycles. The zero-order valence-corrected chi connectivity index (χ0v) is 16.6. The summed E-state index contributed by atoms with van der Waals surface area (Å²) in [5.74, 6) is 1.13. The Morgan fingerprint density at radius 2 is 1.88 bits per heavy atom. The third-order valence-electron chi connectivity index (χ3n) is 5.36. The average Bonchev–Trinajstić information content (AvgIpc) is 3.08. The Kier molecular flexibility index (Phi) is 7.54. The van der Waals surface area contributed by atoms with Crippen LogP contribution in [0.5, 0.6) is 0 Å². The van der Waals surface area contributed by atoms with Gasteiger partial charge < -0.3 is 15.5 Å². The van der Waals surface area contributed by atoms with Gasteiger partial charge in [-0.05, 0) is 53.1 Å². The Labute approximate surface area is 153 Å². The Balaban J connectivity index is 1.90. The highest BCUT2D eigenvalue weighted by Gasteiger charge is 2.29. The molecule has 1 unspecified atom stereocenters. The third-order valence-corrected chi connectivity index (χ3v) is 5.36. The predicted octanol–water partition coefficient (Wildman–Crippen LogP) is 1.82. The van der Waals surface area contributed by atoms with E-state index in [9.17, 15) is 4.79 Å². The summed E-state index contributed by atoms with van der Waals surface area (Å²) in [6.07, 6.45) is 5.54. The zero-order valence-electron chi connectivity index (χ0n) is 16.6. The molecule has 25 heavy (non-hydrogen) atoms. The molecule has 2 heterocycles. The number of likely N-dealkylation sites (tertiary alicyclic amines) is 2. The number of hydrogen-bond acceptors (Lipinski definition) is 3. The fraction of sp³-hybridized carbons (Fsp3) is 0.895. The molecule has 2 aliphatic rings. The van der Waals surface area contributed by atoms with E-state index in [1.807, 2.05) is 11.8 Å². The highest BCUT2D eigenvalue weighted by Crippen LogP contribution is 2.20. The maximum absolute atomic E-state index is 11.9. The fourth-order valence-electron chi connectivity index (χ4n) is 3.71. The van der Waals surface area contributed by atoms with Gasteiger partial charge in [-0.3, -0.25) is 14.7 Å². The minimum absolute atomic E-state index is 0.0860. The number of nitrogens with zero attached hydrogens (tertiary/aromatic N) is 3. The first kappa shape index (κ1) is 20.0. The zero-order chi connectivity index (χ0) is 18.3. The van der Waals surface area contributed by atoms with E-state index in [0.717, 1.165) is 38.6 Å². The lowest BCUT2D eigenvalue weighted by molar-refractivity contribution is -0.129. The molecule has 0 aromatic rings. The summed E-state index contributed by atoms with van der Waals surface area (Å²) in [5, 5.41) is 6.89. The van der Waals surface area contributed by atoms with Crippen LogP contribution in [-0.2, 0) is 4.79 Å². The maximum atomic E-state index is 11.9. The van der Waals surface area contributed by atoms with Gasteiger partial charge in [-0.25, -0.2) is 0 Å². The Bertz CT molecular complexity index is 457. The van der Waals surface area contributed by atoms with Crippen LogP contribution in [-0.4, -0.2) is 72.5 Å². The molecular weight excluding hydrogens is 314 g/mol. The Hall–Kier alpha value is -1.30. The lowest BCUT2D eigenvalue weighted by Gasteiger charge is -2.40. The van der Waals surface area contributed by atoms with E-state index in [4.69, 9.17) is 4.99 Å². The fourth-order valence-corrected chi connectivity index (χ4v) is 3.71. The van der Waals surface area contributed by atoms with Gasteiger partial charge in [0.15, 0.2) is 5.96 Å². The largest absolute Gasteiger partial charge is 0.357 e. The first-order chi connectivity index (χ1) is 12.0. The molecule has 1 amide bonds. The van der Waals surface area contributed by atoms with E-state index in [2.05, 4.69) is 36.3 Å². The normalized spacial score (nSPS) is 23.0. The third kappa shape index (κ3) is 5.87. The molecule has 2 N–H and O–H groups in total. The highest BCUT2D eigenvalue weighted by atomic mass is 16.2. The number of amides is 1. The molecule has 6 nitrogen and oxygen atoms in total. The minimum Gasteiger partial charge on any atom is -0.357 e. The maximum Gasteiger partial charge on any atom is 0.222 e. The molecule has 2 rings (SSSR count). The lowest BCUT2D eigenvalue weighted by atomic mass is 9.99. The molecule has 0 aromatic carbocycles. The first-order valence-corrected chi connectivity index (χ1v) is 10.0. The van der Waals surface area contributed by atoms with E-state index in [1.54, 1.807) is 0 Å². The number of rotatable bonds is 6. The Morgan fingerprint density at radius 3 is 2.52 bits per heavy atom. The number of nitrogens with one attached hydrogen (secondary N) is 2. The van der Waals surface area contributed by atoms with Gasteiger partial charge in [0.1, 0.15) is 0 Å². The van der Waals surface area contributed by atoms with Crippen molar-refractivity contribution in [2.45, 2.75) is 71.4 Å². The summed E-state index contributed by atoms with van der Waals surface area (Å²) in [5.41, 5.74) is 0.0860. The van der Waals surface area contributed by atoms with Crippen molar-refractivity contribution in [3.63, 3.8) is 0 Å². The molecule has 1 atom stereocenters. The summed E-state index contributed by atoms with van der Waals surface area (Å²) < 4.78 is 0. The van der Waals surface area contributed by atoms with Crippen LogP contribution in [0.15, 0.2) is 4.99 Å². The number of guanidine groups is 1. The molecule has 2 aliphatic heterocycles. The van der Waals surface area contributed by atoms with E-state index < -0.39 is 0 Å². The molecule has 0 radical (unpaired) electrons. The molecule has 2 fully saturated rings. The van der Waals surface area contributed by atoms with Gasteiger partial charge in [-0.2, -0.15) is 0 Å². The molecule has 0 aliphatic carbocycles. The monoisotopic (exact) mass is 351 g/mol. The summed E-state index contributed by atoms with van der Waals surface area (Å²) in [6, 6.07) is 0.298. The summed E-state index contributed by atoms with van der Waals surface area (Å²) in [6.45, 7) is 14.2. The predicted molar refractivity (Wildman–Crippen MR) is 104 cm³/mol.